The first kappa shape index (κ1) is 8.78. The van der Waals surface area contributed by atoms with Crippen molar-refractivity contribution in [3.63, 3.8) is 0 Å². The molecule has 13 heavy (non-hydrogen) atoms. The summed E-state index contributed by atoms with van der Waals surface area (Å²) >= 11 is 5.95. The van der Waals surface area contributed by atoms with Gasteiger partial charge in [-0.25, -0.2) is 4.98 Å². The van der Waals surface area contributed by atoms with Crippen molar-refractivity contribution in [1.29, 1.82) is 0 Å². The summed E-state index contributed by atoms with van der Waals surface area (Å²) in [5, 5.41) is 3.93. The predicted octanol–water partition coefficient (Wildman–Crippen LogP) is 1.64. The van der Waals surface area contributed by atoms with Crippen LogP contribution in [0.2, 0.25) is 5.02 Å². The van der Waals surface area contributed by atoms with E-state index in [1.807, 2.05) is 12.1 Å². The number of hydrogen-bond acceptors (Lipinski definition) is 3. The minimum absolute atomic E-state index is 0.0675. The molecule has 1 aliphatic rings. The third-order valence-corrected chi connectivity index (χ3v) is 2.69. The Morgan fingerprint density at radius 1 is 1.62 bits per heavy atom. The monoisotopic (exact) mass is 197 g/mol. The summed E-state index contributed by atoms with van der Waals surface area (Å²) in [7, 11) is 0. The Morgan fingerprint density at radius 2 is 2.38 bits per heavy atom. The number of halogens is 1. The van der Waals surface area contributed by atoms with Gasteiger partial charge in [-0.2, -0.15) is 0 Å². The number of pyridine rings is 1. The van der Waals surface area contributed by atoms with E-state index in [1.165, 1.54) is 0 Å². The molecule has 70 valence electrons. The molecule has 1 aromatic heterocycles. The zero-order valence-electron chi connectivity index (χ0n) is 7.26. The van der Waals surface area contributed by atoms with Crippen molar-refractivity contribution in [2.75, 3.05) is 11.9 Å². The zero-order chi connectivity index (χ0) is 9.31. The first-order valence-electron chi connectivity index (χ1n) is 4.35. The second-order valence-corrected chi connectivity index (χ2v) is 3.85. The lowest BCUT2D eigenvalue weighted by atomic mass is 10.2. The van der Waals surface area contributed by atoms with Gasteiger partial charge in [-0.3, -0.25) is 0 Å². The number of anilines is 1. The zero-order valence-corrected chi connectivity index (χ0v) is 8.01. The van der Waals surface area contributed by atoms with E-state index in [2.05, 4.69) is 10.3 Å². The lowest BCUT2D eigenvalue weighted by molar-refractivity contribution is 0.737. The maximum Gasteiger partial charge on any atom is 0.145 e. The van der Waals surface area contributed by atoms with Gasteiger partial charge in [0.25, 0.3) is 0 Å². The van der Waals surface area contributed by atoms with Gasteiger partial charge in [0.15, 0.2) is 0 Å². The van der Waals surface area contributed by atoms with Crippen LogP contribution in [-0.2, 0) is 0 Å². The second kappa shape index (κ2) is 3.16. The van der Waals surface area contributed by atoms with Crippen LogP contribution in [-0.4, -0.2) is 17.1 Å². The molecule has 0 saturated heterocycles. The SMILES string of the molecule is NCC1(Nc2ncccc2Cl)CC1. The predicted molar refractivity (Wildman–Crippen MR) is 53.9 cm³/mol. The second-order valence-electron chi connectivity index (χ2n) is 3.44. The highest BCUT2D eigenvalue weighted by Crippen LogP contribution is 2.38. The topological polar surface area (TPSA) is 50.9 Å². The van der Waals surface area contributed by atoms with Crippen molar-refractivity contribution in [3.05, 3.63) is 23.4 Å². The maximum absolute atomic E-state index is 5.95. The Kier molecular flexibility index (Phi) is 2.14. The number of hydrogen-bond donors (Lipinski definition) is 2. The lowest BCUT2D eigenvalue weighted by Gasteiger charge is -2.15. The molecule has 3 N–H and O–H groups in total. The molecular weight excluding hydrogens is 186 g/mol. The number of nitrogens with zero attached hydrogens (tertiary/aromatic N) is 1. The van der Waals surface area contributed by atoms with Crippen molar-refractivity contribution in [3.8, 4) is 0 Å². The van der Waals surface area contributed by atoms with Crippen molar-refractivity contribution in [2.24, 2.45) is 5.73 Å². The molecule has 1 aromatic rings. The van der Waals surface area contributed by atoms with Gasteiger partial charge >= 0.3 is 0 Å². The molecule has 1 fully saturated rings. The van der Waals surface area contributed by atoms with E-state index in [1.54, 1.807) is 6.20 Å². The molecule has 0 radical (unpaired) electrons. The summed E-state index contributed by atoms with van der Waals surface area (Å²) in [5.41, 5.74) is 5.70. The van der Waals surface area contributed by atoms with Crippen LogP contribution in [0.1, 0.15) is 12.8 Å². The standard InChI is InChI=1S/C9H12ClN3/c10-7-2-1-5-12-8(7)13-9(6-11)3-4-9/h1-2,5H,3-4,6,11H2,(H,12,13). The third-order valence-electron chi connectivity index (χ3n) is 2.39. The molecule has 1 aliphatic carbocycles. The molecule has 0 unspecified atom stereocenters. The molecule has 0 aromatic carbocycles. The average Bonchev–Trinajstić information content (AvgIpc) is 2.90. The lowest BCUT2D eigenvalue weighted by Crippen LogP contribution is -2.31. The van der Waals surface area contributed by atoms with Crippen molar-refractivity contribution in [1.82, 2.24) is 4.98 Å². The van der Waals surface area contributed by atoms with E-state index in [4.69, 9.17) is 17.3 Å². The average molecular weight is 198 g/mol. The smallest absolute Gasteiger partial charge is 0.145 e. The highest BCUT2D eigenvalue weighted by molar-refractivity contribution is 6.32. The number of nitrogens with two attached hydrogens (primary N) is 1. The van der Waals surface area contributed by atoms with Crippen molar-refractivity contribution >= 4 is 17.4 Å². The van der Waals surface area contributed by atoms with Crippen LogP contribution in [0.25, 0.3) is 0 Å². The minimum atomic E-state index is 0.0675. The Balaban J connectivity index is 2.14. The van der Waals surface area contributed by atoms with Gasteiger partial charge < -0.3 is 11.1 Å². The van der Waals surface area contributed by atoms with Gasteiger partial charge in [0.05, 0.1) is 10.6 Å². The fourth-order valence-electron chi connectivity index (χ4n) is 1.26. The van der Waals surface area contributed by atoms with E-state index in [9.17, 15) is 0 Å². The van der Waals surface area contributed by atoms with Crippen molar-refractivity contribution in [2.45, 2.75) is 18.4 Å². The Morgan fingerprint density at radius 3 is 2.92 bits per heavy atom. The number of aromatic nitrogens is 1. The summed E-state index contributed by atoms with van der Waals surface area (Å²) in [6, 6.07) is 3.64. The molecule has 0 atom stereocenters. The molecule has 0 bridgehead atoms. The van der Waals surface area contributed by atoms with Crippen LogP contribution >= 0.6 is 11.6 Å². The quantitative estimate of drug-likeness (QED) is 0.775. The first-order chi connectivity index (χ1) is 6.26. The van der Waals surface area contributed by atoms with Gasteiger partial charge in [-0.1, -0.05) is 11.6 Å². The van der Waals surface area contributed by atoms with Crippen LogP contribution < -0.4 is 11.1 Å². The van der Waals surface area contributed by atoms with Gasteiger partial charge in [0, 0.05) is 12.7 Å². The van der Waals surface area contributed by atoms with Crippen LogP contribution in [0.3, 0.4) is 0 Å². The first-order valence-corrected chi connectivity index (χ1v) is 4.72. The normalized spacial score (nSPS) is 18.3. The van der Waals surface area contributed by atoms with E-state index >= 15 is 0 Å². The molecule has 4 heteroatoms. The number of rotatable bonds is 3. The fraction of sp³-hybridized carbons (Fsp3) is 0.444. The molecule has 2 rings (SSSR count). The molecule has 3 nitrogen and oxygen atoms in total. The minimum Gasteiger partial charge on any atom is -0.362 e. The molecule has 1 heterocycles. The number of nitrogens with one attached hydrogen (secondary N) is 1. The largest absolute Gasteiger partial charge is 0.362 e. The highest BCUT2D eigenvalue weighted by Gasteiger charge is 2.41. The van der Waals surface area contributed by atoms with Gasteiger partial charge in [0.1, 0.15) is 5.82 Å². The van der Waals surface area contributed by atoms with Crippen LogP contribution in [0, 0.1) is 0 Å². The summed E-state index contributed by atoms with van der Waals surface area (Å²) in [6.07, 6.45) is 3.94. The van der Waals surface area contributed by atoms with Gasteiger partial charge in [-0.15, -0.1) is 0 Å². The van der Waals surface area contributed by atoms with Crippen LogP contribution in [0.4, 0.5) is 5.82 Å². The van der Waals surface area contributed by atoms with Crippen LogP contribution in [0.5, 0.6) is 0 Å². The molecule has 0 spiro atoms. The Hall–Kier alpha value is -0.800. The summed E-state index contributed by atoms with van der Waals surface area (Å²) in [6.45, 7) is 0.639. The van der Waals surface area contributed by atoms with E-state index in [-0.39, 0.29) is 5.54 Å². The maximum atomic E-state index is 5.95. The Bertz CT molecular complexity index is 309. The third kappa shape index (κ3) is 1.76. The molecular formula is C9H12ClN3. The van der Waals surface area contributed by atoms with E-state index < -0.39 is 0 Å². The summed E-state index contributed by atoms with van der Waals surface area (Å²) in [5.74, 6) is 0.743. The molecule has 0 amide bonds. The molecule has 0 aliphatic heterocycles. The van der Waals surface area contributed by atoms with Crippen LogP contribution in [0.15, 0.2) is 18.3 Å². The van der Waals surface area contributed by atoms with Gasteiger partial charge in [0.2, 0.25) is 0 Å². The van der Waals surface area contributed by atoms with Crippen molar-refractivity contribution < 1.29 is 0 Å². The molecule has 1 saturated carbocycles. The van der Waals surface area contributed by atoms with E-state index in [0.29, 0.717) is 11.6 Å². The van der Waals surface area contributed by atoms with E-state index in [0.717, 1.165) is 18.7 Å². The summed E-state index contributed by atoms with van der Waals surface area (Å²) < 4.78 is 0. The fourth-order valence-corrected chi connectivity index (χ4v) is 1.43. The summed E-state index contributed by atoms with van der Waals surface area (Å²) in [4.78, 5) is 4.15. The highest BCUT2D eigenvalue weighted by atomic mass is 35.5. The Labute approximate surface area is 82.3 Å². The van der Waals surface area contributed by atoms with Gasteiger partial charge in [-0.05, 0) is 25.0 Å².